The number of hydrogen-bond acceptors (Lipinski definition) is 3. The Balaban J connectivity index is 2.49. The third-order valence-electron chi connectivity index (χ3n) is 1.82. The maximum atomic E-state index is 11.4. The summed E-state index contributed by atoms with van der Waals surface area (Å²) in [5.41, 5.74) is 7.13. The van der Waals surface area contributed by atoms with Gasteiger partial charge in [-0.2, -0.15) is 0 Å². The third-order valence-corrected chi connectivity index (χ3v) is 1.82. The van der Waals surface area contributed by atoms with Crippen molar-refractivity contribution in [3.63, 3.8) is 0 Å². The zero-order chi connectivity index (χ0) is 8.55. The molecule has 0 radical (unpaired) electrons. The molecule has 1 aromatic rings. The van der Waals surface area contributed by atoms with Crippen LogP contribution in [0.2, 0.25) is 0 Å². The number of carbonyl (C=O) groups excluding carboxylic acids is 1. The minimum Gasteiger partial charge on any atom is -0.303 e. The van der Waals surface area contributed by atoms with E-state index in [2.05, 4.69) is 11.0 Å². The number of fused-ring (bicyclic) bond motifs is 1. The lowest BCUT2D eigenvalue weighted by atomic mass is 10.1. The van der Waals surface area contributed by atoms with Crippen molar-refractivity contribution in [3.05, 3.63) is 29.8 Å². The molecule has 4 nitrogen and oxygen atoms in total. The highest BCUT2D eigenvalue weighted by atomic mass is 16.2. The molecule has 2 rings (SSSR count). The number of nitrogens with one attached hydrogen (secondary N) is 2. The first-order valence-corrected chi connectivity index (χ1v) is 3.68. The highest BCUT2D eigenvalue weighted by Crippen LogP contribution is 2.17. The van der Waals surface area contributed by atoms with Crippen LogP contribution in [-0.2, 0) is 0 Å². The van der Waals surface area contributed by atoms with Gasteiger partial charge in [0.05, 0.1) is 11.3 Å². The number of nitrogens with zero attached hydrogens (tertiary/aromatic N) is 1. The van der Waals surface area contributed by atoms with Crippen LogP contribution in [0.4, 0.5) is 5.69 Å². The Morgan fingerprint density at radius 2 is 2.08 bits per heavy atom. The Kier molecular flexibility index (Phi) is 1.48. The molecule has 0 bridgehead atoms. The van der Waals surface area contributed by atoms with E-state index >= 15 is 0 Å². The van der Waals surface area contributed by atoms with E-state index in [4.69, 9.17) is 0 Å². The monoisotopic (exact) mass is 163 g/mol. The number of hydrazine groups is 2. The molecule has 0 spiro atoms. The molecule has 0 unspecified atom stereocenters. The lowest BCUT2D eigenvalue weighted by Gasteiger charge is -2.26. The molecule has 0 atom stereocenters. The summed E-state index contributed by atoms with van der Waals surface area (Å²) in [7, 11) is 1.67. The number of para-hydroxylation sites is 1. The first-order chi connectivity index (χ1) is 5.79. The van der Waals surface area contributed by atoms with Gasteiger partial charge in [-0.1, -0.05) is 12.1 Å². The number of amides is 1. The Morgan fingerprint density at radius 3 is 2.92 bits per heavy atom. The molecule has 12 heavy (non-hydrogen) atoms. The van der Waals surface area contributed by atoms with Crippen molar-refractivity contribution in [2.24, 2.45) is 0 Å². The highest BCUT2D eigenvalue weighted by molar-refractivity contribution is 6.00. The van der Waals surface area contributed by atoms with Gasteiger partial charge in [0.15, 0.2) is 0 Å². The van der Waals surface area contributed by atoms with Crippen LogP contribution in [0.25, 0.3) is 0 Å². The van der Waals surface area contributed by atoms with Crippen LogP contribution < -0.4 is 11.0 Å². The second-order valence-electron chi connectivity index (χ2n) is 2.65. The lowest BCUT2D eigenvalue weighted by Crippen LogP contribution is -2.47. The first kappa shape index (κ1) is 7.12. The molecular weight excluding hydrogens is 154 g/mol. The number of hydrogen-bond donors (Lipinski definition) is 2. The van der Waals surface area contributed by atoms with Crippen LogP contribution in [0, 0.1) is 0 Å². The Morgan fingerprint density at radius 1 is 1.33 bits per heavy atom. The van der Waals surface area contributed by atoms with Gasteiger partial charge < -0.3 is 5.43 Å². The van der Waals surface area contributed by atoms with E-state index in [0.29, 0.717) is 5.56 Å². The minimum atomic E-state index is -0.0237. The van der Waals surface area contributed by atoms with Crippen LogP contribution >= 0.6 is 0 Å². The average Bonchev–Trinajstić information content (AvgIpc) is 2.12. The predicted octanol–water partition coefficient (Wildman–Crippen LogP) is 0.604. The Bertz CT molecular complexity index is 324. The molecule has 0 aromatic heterocycles. The number of anilines is 1. The zero-order valence-electron chi connectivity index (χ0n) is 6.66. The molecule has 0 fully saturated rings. The number of carbonyl (C=O) groups is 1. The van der Waals surface area contributed by atoms with Crippen molar-refractivity contribution in [1.29, 1.82) is 0 Å². The fraction of sp³-hybridized carbons (Fsp3) is 0.125. The van der Waals surface area contributed by atoms with Crippen LogP contribution in [0.1, 0.15) is 10.4 Å². The average molecular weight is 163 g/mol. The zero-order valence-corrected chi connectivity index (χ0v) is 6.66. The van der Waals surface area contributed by atoms with Gasteiger partial charge in [0.25, 0.3) is 5.91 Å². The molecular formula is C8H9N3O. The predicted molar refractivity (Wildman–Crippen MR) is 45.3 cm³/mol. The smallest absolute Gasteiger partial charge is 0.271 e. The third kappa shape index (κ3) is 0.931. The molecule has 4 heteroatoms. The normalized spacial score (nSPS) is 15.4. The molecule has 2 N–H and O–H groups in total. The summed E-state index contributed by atoms with van der Waals surface area (Å²) < 4.78 is 0. The van der Waals surface area contributed by atoms with E-state index in [1.807, 2.05) is 18.2 Å². The summed E-state index contributed by atoms with van der Waals surface area (Å²) in [5, 5.41) is 1.41. The molecule has 0 aliphatic carbocycles. The summed E-state index contributed by atoms with van der Waals surface area (Å²) in [5.74, 6) is -0.0237. The van der Waals surface area contributed by atoms with Gasteiger partial charge in [-0.05, 0) is 12.1 Å². The van der Waals surface area contributed by atoms with Gasteiger partial charge in [0, 0.05) is 7.05 Å². The van der Waals surface area contributed by atoms with Gasteiger partial charge in [-0.25, -0.2) is 0 Å². The summed E-state index contributed by atoms with van der Waals surface area (Å²) in [6.07, 6.45) is 0. The maximum absolute atomic E-state index is 11.4. The van der Waals surface area contributed by atoms with Crippen molar-refractivity contribution in [1.82, 2.24) is 10.5 Å². The van der Waals surface area contributed by atoms with E-state index in [0.717, 1.165) is 5.69 Å². The molecule has 0 saturated carbocycles. The van der Waals surface area contributed by atoms with E-state index < -0.39 is 0 Å². The molecule has 1 aliphatic rings. The van der Waals surface area contributed by atoms with Crippen LogP contribution in [0.3, 0.4) is 0 Å². The van der Waals surface area contributed by atoms with Crippen LogP contribution in [0.5, 0.6) is 0 Å². The van der Waals surface area contributed by atoms with E-state index in [-0.39, 0.29) is 5.91 Å². The number of rotatable bonds is 0. The van der Waals surface area contributed by atoms with Crippen LogP contribution in [-0.4, -0.2) is 18.0 Å². The fourth-order valence-electron chi connectivity index (χ4n) is 1.15. The van der Waals surface area contributed by atoms with Gasteiger partial charge in [-0.3, -0.25) is 9.80 Å². The van der Waals surface area contributed by atoms with Crippen LogP contribution in [0.15, 0.2) is 24.3 Å². The molecule has 1 heterocycles. The summed E-state index contributed by atoms with van der Waals surface area (Å²) >= 11 is 0. The van der Waals surface area contributed by atoms with Gasteiger partial charge in [0.2, 0.25) is 0 Å². The van der Waals surface area contributed by atoms with Crippen molar-refractivity contribution in [3.8, 4) is 0 Å². The SMILES string of the molecule is CN1NNc2ccccc2C1=O. The Hall–Kier alpha value is -1.55. The van der Waals surface area contributed by atoms with Gasteiger partial charge in [-0.15, -0.1) is 5.53 Å². The maximum Gasteiger partial charge on any atom is 0.271 e. The second kappa shape index (κ2) is 2.49. The summed E-state index contributed by atoms with van der Waals surface area (Å²) in [6.45, 7) is 0. The van der Waals surface area contributed by atoms with E-state index in [1.54, 1.807) is 13.1 Å². The van der Waals surface area contributed by atoms with Crippen molar-refractivity contribution in [2.75, 3.05) is 12.5 Å². The minimum absolute atomic E-state index is 0.0237. The first-order valence-electron chi connectivity index (χ1n) is 3.68. The quantitative estimate of drug-likeness (QED) is 0.588. The molecule has 62 valence electrons. The van der Waals surface area contributed by atoms with Crippen molar-refractivity contribution < 1.29 is 4.79 Å². The number of benzene rings is 1. The van der Waals surface area contributed by atoms with Gasteiger partial charge in [0.1, 0.15) is 0 Å². The fourth-order valence-corrected chi connectivity index (χ4v) is 1.15. The molecule has 0 saturated heterocycles. The molecule has 1 aliphatic heterocycles. The topological polar surface area (TPSA) is 44.4 Å². The summed E-state index contributed by atoms with van der Waals surface area (Å²) in [4.78, 5) is 11.4. The van der Waals surface area contributed by atoms with Gasteiger partial charge >= 0.3 is 0 Å². The second-order valence-corrected chi connectivity index (χ2v) is 2.65. The summed E-state index contributed by atoms with van der Waals surface area (Å²) in [6, 6.07) is 7.37. The molecule has 1 amide bonds. The molecule has 1 aromatic carbocycles. The largest absolute Gasteiger partial charge is 0.303 e. The van der Waals surface area contributed by atoms with E-state index in [1.165, 1.54) is 5.01 Å². The Labute approximate surface area is 70.1 Å². The van der Waals surface area contributed by atoms with E-state index in [9.17, 15) is 4.79 Å². The van der Waals surface area contributed by atoms with Crippen molar-refractivity contribution >= 4 is 11.6 Å². The van der Waals surface area contributed by atoms with Crippen molar-refractivity contribution in [2.45, 2.75) is 0 Å². The standard InChI is InChI=1S/C8H9N3O/c1-11-8(12)6-4-2-3-5-7(6)9-10-11/h2-5,9-10H,1H3. The highest BCUT2D eigenvalue weighted by Gasteiger charge is 2.19. The lowest BCUT2D eigenvalue weighted by molar-refractivity contribution is 0.0720.